The number of carbonyl (C=O) groups is 1. The third kappa shape index (κ3) is 4.87. The summed E-state index contributed by atoms with van der Waals surface area (Å²) >= 11 is 0. The van der Waals surface area contributed by atoms with Crippen molar-refractivity contribution in [2.45, 2.75) is 31.6 Å². The number of carbonyl (C=O) groups excluding carboxylic acids is 1. The number of nitrogens with zero attached hydrogens (tertiary/aromatic N) is 2. The van der Waals surface area contributed by atoms with Crippen LogP contribution in [0.3, 0.4) is 0 Å². The number of amides is 1. The molecular weight excluding hydrogens is 288 g/mol. The van der Waals surface area contributed by atoms with Gasteiger partial charge in [-0.25, -0.2) is 8.42 Å². The average Bonchev–Trinajstić information content (AvgIpc) is 2.44. The maximum absolute atomic E-state index is 12.2. The van der Waals surface area contributed by atoms with Gasteiger partial charge in [-0.3, -0.25) is 4.79 Å². The lowest BCUT2D eigenvalue weighted by atomic mass is 10.1. The number of aryl methyl sites for hydroxylation is 2. The van der Waals surface area contributed by atoms with Crippen LogP contribution in [0.15, 0.2) is 23.1 Å². The Balaban J connectivity index is 2.71. The van der Waals surface area contributed by atoms with E-state index in [2.05, 4.69) is 0 Å². The first-order valence-electron chi connectivity index (χ1n) is 6.69. The van der Waals surface area contributed by atoms with E-state index in [9.17, 15) is 13.2 Å². The van der Waals surface area contributed by atoms with Crippen molar-refractivity contribution in [3.63, 3.8) is 0 Å². The van der Waals surface area contributed by atoms with Gasteiger partial charge >= 0.3 is 0 Å². The van der Waals surface area contributed by atoms with E-state index in [1.807, 2.05) is 19.9 Å². The lowest BCUT2D eigenvalue weighted by Crippen LogP contribution is -2.29. The van der Waals surface area contributed by atoms with E-state index in [1.54, 1.807) is 25.2 Å². The quantitative estimate of drug-likeness (QED) is 0.803. The number of benzene rings is 1. The molecule has 0 saturated carbocycles. The molecule has 0 saturated heterocycles. The van der Waals surface area contributed by atoms with Gasteiger partial charge in [0.05, 0.1) is 23.1 Å². The third-order valence-corrected chi connectivity index (χ3v) is 5.12. The van der Waals surface area contributed by atoms with Gasteiger partial charge in [0, 0.05) is 20.0 Å². The average molecular weight is 308 g/mol. The fourth-order valence-corrected chi connectivity index (χ4v) is 3.09. The number of nitriles is 1. The van der Waals surface area contributed by atoms with Crippen molar-refractivity contribution in [2.24, 2.45) is 0 Å². The fourth-order valence-electron chi connectivity index (χ4n) is 1.78. The van der Waals surface area contributed by atoms with Crippen LogP contribution in [0.4, 0.5) is 0 Å². The number of hydrogen-bond acceptors (Lipinski definition) is 4. The summed E-state index contributed by atoms with van der Waals surface area (Å²) in [5.74, 6) is -0.483. The van der Waals surface area contributed by atoms with Gasteiger partial charge in [-0.2, -0.15) is 5.26 Å². The molecule has 0 atom stereocenters. The predicted molar refractivity (Wildman–Crippen MR) is 80.5 cm³/mol. The molecule has 0 aliphatic carbocycles. The van der Waals surface area contributed by atoms with Crippen molar-refractivity contribution in [1.82, 2.24) is 4.90 Å². The highest BCUT2D eigenvalue weighted by Crippen LogP contribution is 2.17. The van der Waals surface area contributed by atoms with Crippen molar-refractivity contribution in [3.05, 3.63) is 29.3 Å². The summed E-state index contributed by atoms with van der Waals surface area (Å²) in [4.78, 5) is 13.4. The molecule has 0 spiro atoms. The molecule has 5 nitrogen and oxygen atoms in total. The van der Waals surface area contributed by atoms with Crippen LogP contribution in [0, 0.1) is 25.2 Å². The van der Waals surface area contributed by atoms with Gasteiger partial charge in [-0.05, 0) is 37.1 Å². The maximum Gasteiger partial charge on any atom is 0.223 e. The zero-order chi connectivity index (χ0) is 16.0. The Kier molecular flexibility index (Phi) is 5.91. The van der Waals surface area contributed by atoms with Gasteiger partial charge in [0.1, 0.15) is 0 Å². The van der Waals surface area contributed by atoms with Crippen molar-refractivity contribution >= 4 is 15.7 Å². The molecule has 1 amide bonds. The van der Waals surface area contributed by atoms with Gasteiger partial charge in [-0.1, -0.05) is 6.07 Å². The van der Waals surface area contributed by atoms with Gasteiger partial charge in [0.2, 0.25) is 5.91 Å². The van der Waals surface area contributed by atoms with E-state index in [1.165, 1.54) is 4.90 Å². The minimum Gasteiger partial charge on any atom is -0.345 e. The van der Waals surface area contributed by atoms with Crippen LogP contribution >= 0.6 is 0 Å². The lowest BCUT2D eigenvalue weighted by Gasteiger charge is -2.15. The molecule has 1 rings (SSSR count). The first-order valence-corrected chi connectivity index (χ1v) is 8.34. The third-order valence-electron chi connectivity index (χ3n) is 3.41. The zero-order valence-corrected chi connectivity index (χ0v) is 13.4. The molecule has 6 heteroatoms. The summed E-state index contributed by atoms with van der Waals surface area (Å²) in [6.45, 7) is 4.09. The molecule has 0 heterocycles. The molecular formula is C15H20N2O3S. The maximum atomic E-state index is 12.2. The Morgan fingerprint density at radius 2 is 1.95 bits per heavy atom. The fraction of sp³-hybridized carbons (Fsp3) is 0.467. The molecule has 0 aromatic heterocycles. The second-order valence-corrected chi connectivity index (χ2v) is 7.15. The van der Waals surface area contributed by atoms with Crippen LogP contribution < -0.4 is 0 Å². The number of hydrogen-bond donors (Lipinski definition) is 0. The second kappa shape index (κ2) is 7.23. The van der Waals surface area contributed by atoms with E-state index in [-0.39, 0.29) is 29.4 Å². The first-order chi connectivity index (χ1) is 9.77. The van der Waals surface area contributed by atoms with Crippen molar-refractivity contribution in [1.29, 1.82) is 5.26 Å². The van der Waals surface area contributed by atoms with Crippen molar-refractivity contribution < 1.29 is 13.2 Å². The van der Waals surface area contributed by atoms with Crippen molar-refractivity contribution in [3.8, 4) is 6.07 Å². The van der Waals surface area contributed by atoms with Gasteiger partial charge < -0.3 is 4.90 Å². The molecule has 0 N–H and O–H groups in total. The Morgan fingerprint density at radius 3 is 2.52 bits per heavy atom. The molecule has 0 fully saturated rings. The minimum absolute atomic E-state index is 0.0722. The van der Waals surface area contributed by atoms with Crippen LogP contribution in [-0.4, -0.2) is 38.6 Å². The highest BCUT2D eigenvalue weighted by atomic mass is 32.2. The van der Waals surface area contributed by atoms with E-state index in [0.29, 0.717) is 6.54 Å². The van der Waals surface area contributed by atoms with Gasteiger partial charge in [0.15, 0.2) is 9.84 Å². The predicted octanol–water partition coefficient (Wildman–Crippen LogP) is 1.84. The number of rotatable bonds is 6. The van der Waals surface area contributed by atoms with E-state index in [4.69, 9.17) is 5.26 Å². The van der Waals surface area contributed by atoms with Gasteiger partial charge in [-0.15, -0.1) is 0 Å². The summed E-state index contributed by atoms with van der Waals surface area (Å²) in [7, 11) is -1.89. The van der Waals surface area contributed by atoms with E-state index in [0.717, 1.165) is 11.1 Å². The number of sulfone groups is 1. The normalized spacial score (nSPS) is 11.0. The summed E-state index contributed by atoms with van der Waals surface area (Å²) in [6, 6.07) is 6.92. The zero-order valence-electron chi connectivity index (χ0n) is 12.6. The standard InChI is InChI=1S/C15H20N2O3S/c1-12-5-6-14(11-13(12)2)21(19,20)10-7-15(18)17(3)9-4-8-16/h5-6,11H,4,7,9-10H2,1-3H3. The highest BCUT2D eigenvalue weighted by molar-refractivity contribution is 7.91. The summed E-state index contributed by atoms with van der Waals surface area (Å²) in [5.41, 5.74) is 1.94. The Labute approximate surface area is 126 Å². The summed E-state index contributed by atoms with van der Waals surface area (Å²) in [5, 5.41) is 8.47. The molecule has 0 aliphatic heterocycles. The van der Waals surface area contributed by atoms with Crippen molar-refractivity contribution in [2.75, 3.05) is 19.3 Å². The van der Waals surface area contributed by atoms with Crippen LogP contribution in [0.2, 0.25) is 0 Å². The Bertz CT molecular complexity index is 660. The van der Waals surface area contributed by atoms with Crippen LogP contribution in [0.5, 0.6) is 0 Å². The van der Waals surface area contributed by atoms with Gasteiger partial charge in [0.25, 0.3) is 0 Å². The van der Waals surface area contributed by atoms with Crippen LogP contribution in [0.1, 0.15) is 24.0 Å². The molecule has 1 aromatic rings. The van der Waals surface area contributed by atoms with E-state index < -0.39 is 9.84 Å². The molecule has 0 radical (unpaired) electrons. The Morgan fingerprint density at radius 1 is 1.29 bits per heavy atom. The smallest absolute Gasteiger partial charge is 0.223 e. The topological polar surface area (TPSA) is 78.2 Å². The minimum atomic E-state index is -3.46. The molecule has 0 unspecified atom stereocenters. The molecule has 21 heavy (non-hydrogen) atoms. The van der Waals surface area contributed by atoms with E-state index >= 15 is 0 Å². The van der Waals surface area contributed by atoms with Crippen LogP contribution in [-0.2, 0) is 14.6 Å². The first kappa shape index (κ1) is 17.2. The van der Waals surface area contributed by atoms with Crippen LogP contribution in [0.25, 0.3) is 0 Å². The molecule has 0 bridgehead atoms. The second-order valence-electron chi connectivity index (χ2n) is 5.04. The summed E-state index contributed by atoms with van der Waals surface area (Å²) in [6.07, 6.45) is 0.170. The molecule has 114 valence electrons. The highest BCUT2D eigenvalue weighted by Gasteiger charge is 2.18. The lowest BCUT2D eigenvalue weighted by molar-refractivity contribution is -0.129. The monoisotopic (exact) mass is 308 g/mol. The largest absolute Gasteiger partial charge is 0.345 e. The molecule has 1 aromatic carbocycles. The summed E-state index contributed by atoms with van der Waals surface area (Å²) < 4.78 is 24.4. The molecule has 0 aliphatic rings. The SMILES string of the molecule is Cc1ccc(S(=O)(=O)CCC(=O)N(C)CCC#N)cc1C. The Hall–Kier alpha value is -1.87.